The van der Waals surface area contributed by atoms with Gasteiger partial charge in [-0.2, -0.15) is 0 Å². The molecule has 0 saturated heterocycles. The van der Waals surface area contributed by atoms with Gasteiger partial charge in [-0.3, -0.25) is 9.59 Å². The zero-order valence-corrected chi connectivity index (χ0v) is 14.8. The van der Waals surface area contributed by atoms with Crippen molar-refractivity contribution in [1.82, 2.24) is 0 Å². The predicted molar refractivity (Wildman–Crippen MR) is 87.4 cm³/mol. The molecule has 0 aromatic rings. The second kappa shape index (κ2) is 11.4. The van der Waals surface area contributed by atoms with E-state index in [-0.39, 0.29) is 17.3 Å². The van der Waals surface area contributed by atoms with Crippen LogP contribution in [0.5, 0.6) is 0 Å². The number of hydrogen-bond acceptors (Lipinski definition) is 6. The van der Waals surface area contributed by atoms with Crippen molar-refractivity contribution in [2.24, 2.45) is 5.92 Å². The Labute approximate surface area is 149 Å². The van der Waals surface area contributed by atoms with E-state index < -0.39 is 47.8 Å². The summed E-state index contributed by atoms with van der Waals surface area (Å²) in [5.41, 5.74) is -0.798. The first-order chi connectivity index (χ1) is 11.7. The molecular weight excluding hydrogens is 352 g/mol. The molecular formula is C16H22O10. The second-order valence-electron chi connectivity index (χ2n) is 5.32. The van der Waals surface area contributed by atoms with Crippen LogP contribution in [-0.2, 0) is 28.7 Å². The van der Waals surface area contributed by atoms with E-state index in [0.29, 0.717) is 0 Å². The van der Waals surface area contributed by atoms with Gasteiger partial charge >= 0.3 is 29.8 Å². The van der Waals surface area contributed by atoms with Gasteiger partial charge < -0.3 is 25.2 Å². The van der Waals surface area contributed by atoms with E-state index in [1.807, 2.05) is 0 Å². The maximum absolute atomic E-state index is 11.2. The van der Waals surface area contributed by atoms with Crippen LogP contribution < -0.4 is 0 Å². The molecule has 0 heterocycles. The summed E-state index contributed by atoms with van der Waals surface area (Å²) in [5.74, 6) is -7.45. The van der Waals surface area contributed by atoms with E-state index in [2.05, 4.69) is 6.58 Å². The minimum atomic E-state index is -1.45. The number of hydrogen-bond donors (Lipinski definition) is 4. The smallest absolute Gasteiger partial charge is 0.331 e. The van der Waals surface area contributed by atoms with E-state index in [1.54, 1.807) is 13.8 Å². The number of rotatable bonds is 8. The van der Waals surface area contributed by atoms with Crippen LogP contribution in [0.3, 0.4) is 0 Å². The van der Waals surface area contributed by atoms with E-state index in [4.69, 9.17) is 25.2 Å². The minimum Gasteiger partial charge on any atom is -0.481 e. The van der Waals surface area contributed by atoms with Crippen LogP contribution in [0.1, 0.15) is 34.1 Å². The Hall–Kier alpha value is -3.17. The van der Waals surface area contributed by atoms with E-state index in [1.165, 1.54) is 13.8 Å². The number of carboxylic acids is 4. The number of carbonyl (C=O) groups excluding carboxylic acids is 1. The Morgan fingerprint density at radius 3 is 1.46 bits per heavy atom. The van der Waals surface area contributed by atoms with Crippen molar-refractivity contribution in [3.8, 4) is 0 Å². The number of carboxylic acid groups (broad SMARTS) is 4. The average Bonchev–Trinajstić information content (AvgIpc) is 2.49. The van der Waals surface area contributed by atoms with Crippen molar-refractivity contribution in [1.29, 1.82) is 0 Å². The van der Waals surface area contributed by atoms with Gasteiger partial charge in [0, 0.05) is 16.7 Å². The fourth-order valence-electron chi connectivity index (χ4n) is 1.31. The van der Waals surface area contributed by atoms with Gasteiger partial charge in [-0.15, -0.1) is 0 Å². The van der Waals surface area contributed by atoms with E-state index >= 15 is 0 Å². The number of ether oxygens (including phenoxy) is 1. The van der Waals surface area contributed by atoms with Crippen LogP contribution in [0.25, 0.3) is 0 Å². The highest BCUT2D eigenvalue weighted by Crippen LogP contribution is 2.15. The summed E-state index contributed by atoms with van der Waals surface area (Å²) in [6.07, 6.45) is -0.904. The maximum Gasteiger partial charge on any atom is 0.331 e. The molecule has 0 saturated carbocycles. The summed E-state index contributed by atoms with van der Waals surface area (Å²) in [5, 5.41) is 33.9. The van der Waals surface area contributed by atoms with Crippen LogP contribution in [0.15, 0.2) is 23.3 Å². The van der Waals surface area contributed by atoms with Crippen molar-refractivity contribution in [2.75, 3.05) is 0 Å². The molecule has 0 amide bonds. The fraction of sp³-hybridized carbons (Fsp3) is 0.438. The van der Waals surface area contributed by atoms with Gasteiger partial charge in [0.2, 0.25) is 0 Å². The summed E-state index contributed by atoms with van der Waals surface area (Å²) < 4.78 is 4.72. The van der Waals surface area contributed by atoms with Crippen molar-refractivity contribution < 1.29 is 49.1 Å². The minimum absolute atomic E-state index is 0.132. The third-order valence-corrected chi connectivity index (χ3v) is 2.94. The van der Waals surface area contributed by atoms with Gasteiger partial charge in [-0.25, -0.2) is 14.4 Å². The highest BCUT2D eigenvalue weighted by atomic mass is 16.5. The van der Waals surface area contributed by atoms with Gasteiger partial charge in [0.05, 0.1) is 18.4 Å². The highest BCUT2D eigenvalue weighted by molar-refractivity contribution is 5.97. The van der Waals surface area contributed by atoms with Gasteiger partial charge in [-0.05, 0) is 27.7 Å². The first kappa shape index (κ1) is 25.1. The molecule has 26 heavy (non-hydrogen) atoms. The maximum atomic E-state index is 11.2. The standard InChI is InChI=1S/C10H14O6.C6H8O4/c1-5(2)16-8(11)4-7(10(14)15)6(3)9(12)13;1-3(5(7)8)4(2)6(9)10/h5,7H,3-4H2,1-2H3,(H,12,13)(H,14,15);1-2H3,(H,7,8)(H,9,10). The molecule has 0 fully saturated rings. The zero-order valence-electron chi connectivity index (χ0n) is 14.8. The number of aliphatic carboxylic acids is 4. The molecule has 0 aliphatic rings. The first-order valence-electron chi connectivity index (χ1n) is 7.20. The summed E-state index contributed by atoms with van der Waals surface area (Å²) >= 11 is 0. The third-order valence-electron chi connectivity index (χ3n) is 2.94. The predicted octanol–water partition coefficient (Wildman–Crippen LogP) is 1.16. The molecule has 0 aliphatic carbocycles. The summed E-state index contributed by atoms with van der Waals surface area (Å²) in [7, 11) is 0. The summed E-state index contributed by atoms with van der Waals surface area (Å²) in [6.45, 7) is 8.85. The summed E-state index contributed by atoms with van der Waals surface area (Å²) in [4.78, 5) is 52.7. The molecule has 10 heteroatoms. The number of carbonyl (C=O) groups is 5. The SMILES string of the molecule is C=C(C(=O)O)C(CC(=O)OC(C)C)C(=O)O.CC(C(=O)O)=C(C)C(=O)O. The van der Waals surface area contributed by atoms with Crippen molar-refractivity contribution in [2.45, 2.75) is 40.2 Å². The lowest BCUT2D eigenvalue weighted by molar-refractivity contribution is -0.153. The normalized spacial score (nSPS) is 12.0. The molecule has 0 spiro atoms. The van der Waals surface area contributed by atoms with Crippen molar-refractivity contribution >= 4 is 29.8 Å². The Morgan fingerprint density at radius 2 is 1.23 bits per heavy atom. The van der Waals surface area contributed by atoms with Crippen LogP contribution in [0, 0.1) is 5.92 Å². The monoisotopic (exact) mass is 374 g/mol. The van der Waals surface area contributed by atoms with E-state index in [0.717, 1.165) is 0 Å². The largest absolute Gasteiger partial charge is 0.481 e. The van der Waals surface area contributed by atoms with Crippen LogP contribution >= 0.6 is 0 Å². The molecule has 146 valence electrons. The van der Waals surface area contributed by atoms with Crippen LogP contribution in [0.2, 0.25) is 0 Å². The van der Waals surface area contributed by atoms with Crippen molar-refractivity contribution in [3.63, 3.8) is 0 Å². The average molecular weight is 374 g/mol. The van der Waals surface area contributed by atoms with Crippen LogP contribution in [-0.4, -0.2) is 56.4 Å². The van der Waals surface area contributed by atoms with Gasteiger partial charge in [0.15, 0.2) is 0 Å². The second-order valence-corrected chi connectivity index (χ2v) is 5.32. The topological polar surface area (TPSA) is 175 Å². The molecule has 4 N–H and O–H groups in total. The molecule has 0 rings (SSSR count). The Bertz CT molecular complexity index is 605. The van der Waals surface area contributed by atoms with Gasteiger partial charge in [0.1, 0.15) is 0 Å². The fourth-order valence-corrected chi connectivity index (χ4v) is 1.31. The summed E-state index contributed by atoms with van der Waals surface area (Å²) in [6, 6.07) is 0. The Balaban J connectivity index is 0. The zero-order chi connectivity index (χ0) is 21.2. The third kappa shape index (κ3) is 9.85. The van der Waals surface area contributed by atoms with Crippen molar-refractivity contribution in [3.05, 3.63) is 23.3 Å². The molecule has 0 bridgehead atoms. The first-order valence-corrected chi connectivity index (χ1v) is 7.20. The molecule has 0 aliphatic heterocycles. The van der Waals surface area contributed by atoms with Crippen LogP contribution in [0.4, 0.5) is 0 Å². The quantitative estimate of drug-likeness (QED) is 0.356. The molecule has 0 radical (unpaired) electrons. The van der Waals surface area contributed by atoms with E-state index in [9.17, 15) is 24.0 Å². The highest BCUT2D eigenvalue weighted by Gasteiger charge is 2.29. The van der Waals surface area contributed by atoms with Gasteiger partial charge in [-0.1, -0.05) is 6.58 Å². The Morgan fingerprint density at radius 1 is 0.846 bits per heavy atom. The molecule has 1 atom stereocenters. The lowest BCUT2D eigenvalue weighted by Gasteiger charge is -2.13. The molecule has 10 nitrogen and oxygen atoms in total. The molecule has 0 aromatic carbocycles. The lowest BCUT2D eigenvalue weighted by atomic mass is 9.97. The Kier molecular flexibility index (Phi) is 11.0. The number of esters is 1. The molecule has 1 unspecified atom stereocenters. The lowest BCUT2D eigenvalue weighted by Crippen LogP contribution is -2.25. The molecule has 0 aromatic heterocycles. The van der Waals surface area contributed by atoms with Gasteiger partial charge in [0.25, 0.3) is 0 Å².